The van der Waals surface area contributed by atoms with Gasteiger partial charge in [0.15, 0.2) is 0 Å². The summed E-state index contributed by atoms with van der Waals surface area (Å²) >= 11 is 0. The summed E-state index contributed by atoms with van der Waals surface area (Å²) in [5.74, 6) is -0.363. The van der Waals surface area contributed by atoms with Gasteiger partial charge < -0.3 is 11.1 Å². The summed E-state index contributed by atoms with van der Waals surface area (Å²) < 4.78 is 27.3. The van der Waals surface area contributed by atoms with Crippen LogP contribution in [-0.4, -0.2) is 26.4 Å². The van der Waals surface area contributed by atoms with Crippen molar-refractivity contribution in [2.24, 2.45) is 5.73 Å². The monoisotopic (exact) mass is 375 g/mol. The second kappa shape index (κ2) is 8.93. The largest absolute Gasteiger partial charge is 0.325 e. The second-order valence-electron chi connectivity index (χ2n) is 6.24. The van der Waals surface area contributed by atoms with Crippen LogP contribution in [0.5, 0.6) is 0 Å². The van der Waals surface area contributed by atoms with Crippen molar-refractivity contribution in [2.75, 3.05) is 5.32 Å². The highest BCUT2D eigenvalue weighted by atomic mass is 32.2. The molecular weight excluding hydrogens is 350 g/mol. The Morgan fingerprint density at radius 2 is 1.81 bits per heavy atom. The fourth-order valence-electron chi connectivity index (χ4n) is 2.35. The zero-order chi connectivity index (χ0) is 19.2. The van der Waals surface area contributed by atoms with Gasteiger partial charge in [-0.1, -0.05) is 43.3 Å². The maximum Gasteiger partial charge on any atom is 0.241 e. The quantitative estimate of drug-likeness (QED) is 0.659. The number of hydrogen-bond donors (Lipinski definition) is 3. The summed E-state index contributed by atoms with van der Waals surface area (Å²) in [6.45, 7) is 3.70. The van der Waals surface area contributed by atoms with E-state index in [4.69, 9.17) is 5.73 Å². The normalized spacial score (nSPS) is 13.8. The van der Waals surface area contributed by atoms with Crippen molar-refractivity contribution >= 4 is 21.6 Å². The van der Waals surface area contributed by atoms with Crippen molar-refractivity contribution in [3.05, 3.63) is 60.2 Å². The Morgan fingerprint density at radius 3 is 2.46 bits per heavy atom. The van der Waals surface area contributed by atoms with Crippen LogP contribution in [-0.2, 0) is 21.2 Å². The number of amides is 1. The summed E-state index contributed by atoms with van der Waals surface area (Å²) in [5.41, 5.74) is 7.32. The number of hydrogen-bond acceptors (Lipinski definition) is 4. The molecule has 2 aromatic carbocycles. The first-order chi connectivity index (χ1) is 12.3. The van der Waals surface area contributed by atoms with Gasteiger partial charge in [0.05, 0.1) is 10.9 Å². The van der Waals surface area contributed by atoms with E-state index in [0.29, 0.717) is 18.5 Å². The van der Waals surface area contributed by atoms with Crippen molar-refractivity contribution in [3.8, 4) is 0 Å². The lowest BCUT2D eigenvalue weighted by Gasteiger charge is -2.15. The van der Waals surface area contributed by atoms with E-state index in [2.05, 4.69) is 10.0 Å². The molecule has 0 aliphatic heterocycles. The summed E-state index contributed by atoms with van der Waals surface area (Å²) in [5, 5.41) is 2.69. The predicted octanol–water partition coefficient (Wildman–Crippen LogP) is 2.27. The van der Waals surface area contributed by atoms with E-state index in [1.807, 2.05) is 37.3 Å². The number of carbonyl (C=O) groups excluding carboxylic acids is 1. The van der Waals surface area contributed by atoms with Gasteiger partial charge in [-0.05, 0) is 43.5 Å². The Labute approximate surface area is 154 Å². The number of nitrogens with two attached hydrogens (primary N) is 1. The first-order valence-corrected chi connectivity index (χ1v) is 10.0. The highest BCUT2D eigenvalue weighted by molar-refractivity contribution is 7.89. The molecule has 0 aromatic heterocycles. The van der Waals surface area contributed by atoms with Crippen LogP contribution in [0, 0.1) is 0 Å². The average molecular weight is 375 g/mol. The molecule has 6 nitrogen and oxygen atoms in total. The molecule has 0 aliphatic rings. The first kappa shape index (κ1) is 20.1. The van der Waals surface area contributed by atoms with Crippen LogP contribution in [0.1, 0.15) is 25.8 Å². The smallest absolute Gasteiger partial charge is 0.241 e. The molecule has 0 saturated heterocycles. The van der Waals surface area contributed by atoms with Crippen molar-refractivity contribution in [1.29, 1.82) is 0 Å². The molecule has 0 spiro atoms. The van der Waals surface area contributed by atoms with E-state index < -0.39 is 16.1 Å². The zero-order valence-corrected chi connectivity index (χ0v) is 15.8. The number of benzene rings is 2. The molecule has 0 saturated carbocycles. The minimum Gasteiger partial charge on any atom is -0.325 e. The molecule has 2 rings (SSSR count). The number of nitrogens with one attached hydrogen (secondary N) is 2. The van der Waals surface area contributed by atoms with Crippen LogP contribution in [0.4, 0.5) is 5.69 Å². The summed E-state index contributed by atoms with van der Waals surface area (Å²) in [7, 11) is -3.63. The molecule has 0 bridgehead atoms. The SMILES string of the molecule is CCC(C)NS(=O)(=O)c1cccc(NC(=O)[C@@H](N)Cc2ccccc2)c1. The van der Waals surface area contributed by atoms with E-state index in [1.54, 1.807) is 19.1 Å². The molecule has 0 radical (unpaired) electrons. The Hall–Kier alpha value is -2.22. The van der Waals surface area contributed by atoms with Crippen LogP contribution in [0.2, 0.25) is 0 Å². The molecule has 0 aliphatic carbocycles. The Kier molecular flexibility index (Phi) is 6.90. The van der Waals surface area contributed by atoms with Gasteiger partial charge in [0.2, 0.25) is 15.9 Å². The van der Waals surface area contributed by atoms with Crippen LogP contribution < -0.4 is 15.8 Å². The maximum atomic E-state index is 12.4. The number of carbonyl (C=O) groups is 1. The van der Waals surface area contributed by atoms with Crippen molar-refractivity contribution < 1.29 is 13.2 Å². The highest BCUT2D eigenvalue weighted by Gasteiger charge is 2.18. The van der Waals surface area contributed by atoms with E-state index in [0.717, 1.165) is 5.56 Å². The lowest BCUT2D eigenvalue weighted by Crippen LogP contribution is -2.37. The Balaban J connectivity index is 2.07. The molecule has 26 heavy (non-hydrogen) atoms. The molecule has 2 aromatic rings. The van der Waals surface area contributed by atoms with Crippen molar-refractivity contribution in [2.45, 2.75) is 43.7 Å². The minimum absolute atomic E-state index is 0.104. The van der Waals surface area contributed by atoms with Gasteiger partial charge in [-0.25, -0.2) is 13.1 Å². The van der Waals surface area contributed by atoms with Crippen LogP contribution in [0.3, 0.4) is 0 Å². The van der Waals surface area contributed by atoms with E-state index in [1.165, 1.54) is 12.1 Å². The van der Waals surface area contributed by atoms with E-state index in [-0.39, 0.29) is 16.8 Å². The molecule has 0 heterocycles. The predicted molar refractivity (Wildman–Crippen MR) is 103 cm³/mol. The summed E-state index contributed by atoms with van der Waals surface area (Å²) in [6.07, 6.45) is 1.09. The number of anilines is 1. The third-order valence-corrected chi connectivity index (χ3v) is 5.60. The summed E-state index contributed by atoms with van der Waals surface area (Å²) in [6, 6.07) is 14.7. The Morgan fingerprint density at radius 1 is 1.12 bits per heavy atom. The maximum absolute atomic E-state index is 12.4. The topological polar surface area (TPSA) is 101 Å². The van der Waals surface area contributed by atoms with Crippen molar-refractivity contribution in [3.63, 3.8) is 0 Å². The van der Waals surface area contributed by atoms with Crippen LogP contribution in [0.25, 0.3) is 0 Å². The van der Waals surface area contributed by atoms with E-state index >= 15 is 0 Å². The highest BCUT2D eigenvalue weighted by Crippen LogP contribution is 2.16. The molecule has 1 unspecified atom stereocenters. The fourth-order valence-corrected chi connectivity index (χ4v) is 3.73. The summed E-state index contributed by atoms with van der Waals surface area (Å²) in [4.78, 5) is 12.4. The minimum atomic E-state index is -3.63. The second-order valence-corrected chi connectivity index (χ2v) is 7.96. The Bertz CT molecular complexity index is 838. The van der Waals surface area contributed by atoms with Gasteiger partial charge in [-0.3, -0.25) is 4.79 Å². The van der Waals surface area contributed by atoms with Crippen LogP contribution in [0.15, 0.2) is 59.5 Å². The fraction of sp³-hybridized carbons (Fsp3) is 0.316. The zero-order valence-electron chi connectivity index (χ0n) is 15.0. The standard InChI is InChI=1S/C19H25N3O3S/c1-3-14(2)22-26(24,25)17-11-7-10-16(13-17)21-19(23)18(20)12-15-8-5-4-6-9-15/h4-11,13-14,18,22H,3,12,20H2,1-2H3,(H,21,23)/t14?,18-/m0/s1. The van der Waals surface area contributed by atoms with Gasteiger partial charge in [0.25, 0.3) is 0 Å². The average Bonchev–Trinajstić information content (AvgIpc) is 2.62. The lowest BCUT2D eigenvalue weighted by atomic mass is 10.1. The van der Waals surface area contributed by atoms with E-state index in [9.17, 15) is 13.2 Å². The molecule has 1 amide bonds. The van der Waals surface area contributed by atoms with Gasteiger partial charge in [0, 0.05) is 11.7 Å². The lowest BCUT2D eigenvalue weighted by molar-refractivity contribution is -0.117. The number of sulfonamides is 1. The third-order valence-electron chi connectivity index (χ3n) is 4.02. The van der Waals surface area contributed by atoms with Crippen molar-refractivity contribution in [1.82, 2.24) is 4.72 Å². The molecule has 140 valence electrons. The molecule has 4 N–H and O–H groups in total. The van der Waals surface area contributed by atoms with Gasteiger partial charge >= 0.3 is 0 Å². The molecule has 7 heteroatoms. The van der Waals surface area contributed by atoms with Gasteiger partial charge in [0.1, 0.15) is 0 Å². The third kappa shape index (κ3) is 5.66. The van der Waals surface area contributed by atoms with Crippen LogP contribution >= 0.6 is 0 Å². The molecular formula is C19H25N3O3S. The first-order valence-electron chi connectivity index (χ1n) is 8.54. The number of rotatable bonds is 8. The molecule has 2 atom stereocenters. The molecule has 0 fully saturated rings. The van der Waals surface area contributed by atoms with Gasteiger partial charge in [-0.15, -0.1) is 0 Å². The van der Waals surface area contributed by atoms with Gasteiger partial charge in [-0.2, -0.15) is 0 Å².